The van der Waals surface area contributed by atoms with Crippen LogP contribution in [0, 0.1) is 11.3 Å². The van der Waals surface area contributed by atoms with Crippen molar-refractivity contribution in [3.63, 3.8) is 0 Å². The van der Waals surface area contributed by atoms with E-state index in [1.54, 1.807) is 0 Å². The van der Waals surface area contributed by atoms with Gasteiger partial charge in [0, 0.05) is 12.1 Å². The minimum absolute atomic E-state index is 0.0398. The van der Waals surface area contributed by atoms with Crippen LogP contribution in [0.2, 0.25) is 0 Å². The predicted molar refractivity (Wildman–Crippen MR) is 54.1 cm³/mol. The van der Waals surface area contributed by atoms with Crippen molar-refractivity contribution in [2.75, 3.05) is 0 Å². The van der Waals surface area contributed by atoms with Crippen LogP contribution in [-0.2, 0) is 13.0 Å². The first-order chi connectivity index (χ1) is 7.10. The quantitative estimate of drug-likeness (QED) is 0.861. The molecule has 2 N–H and O–H groups in total. The molecule has 1 rings (SSSR count). The van der Waals surface area contributed by atoms with Crippen molar-refractivity contribution in [2.45, 2.75) is 19.4 Å². The number of nitriles is 1. The lowest BCUT2D eigenvalue weighted by atomic mass is 10.1. The van der Waals surface area contributed by atoms with Crippen molar-refractivity contribution in [3.05, 3.63) is 27.5 Å². The van der Waals surface area contributed by atoms with Crippen molar-refractivity contribution in [1.82, 2.24) is 4.98 Å². The molecule has 3 nitrogen and oxygen atoms in total. The van der Waals surface area contributed by atoms with Crippen LogP contribution >= 0.6 is 15.9 Å². The summed E-state index contributed by atoms with van der Waals surface area (Å²) >= 11 is 3.11. The first-order valence-corrected chi connectivity index (χ1v) is 4.92. The molecule has 1 aromatic heterocycles. The van der Waals surface area contributed by atoms with Crippen LogP contribution in [-0.4, -0.2) is 4.98 Å². The summed E-state index contributed by atoms with van der Waals surface area (Å²) in [5.41, 5.74) is 5.70. The second-order valence-corrected chi connectivity index (χ2v) is 3.57. The Morgan fingerprint density at radius 3 is 2.73 bits per heavy atom. The fourth-order valence-electron chi connectivity index (χ4n) is 1.15. The predicted octanol–water partition coefficient (Wildman–Crippen LogP) is 2.31. The Morgan fingerprint density at radius 2 is 2.27 bits per heavy atom. The molecule has 0 aliphatic carbocycles. The molecule has 0 spiro atoms. The summed E-state index contributed by atoms with van der Waals surface area (Å²) < 4.78 is 25.5. The van der Waals surface area contributed by atoms with Gasteiger partial charge in [-0.25, -0.2) is 13.8 Å². The van der Waals surface area contributed by atoms with E-state index in [1.807, 2.05) is 6.07 Å². The maximum Gasteiger partial charge on any atom is 0.265 e. The Kier molecular flexibility index (Phi) is 4.12. The molecule has 0 saturated heterocycles. The lowest BCUT2D eigenvalue weighted by Crippen LogP contribution is -2.07. The molecule has 0 unspecified atom stereocenters. The minimum atomic E-state index is -2.62. The van der Waals surface area contributed by atoms with Crippen LogP contribution in [0.1, 0.15) is 23.2 Å². The van der Waals surface area contributed by atoms with Crippen LogP contribution in [0.5, 0.6) is 0 Å². The number of aromatic nitrogens is 1. The summed E-state index contributed by atoms with van der Waals surface area (Å²) in [5.74, 6) is 0. The van der Waals surface area contributed by atoms with E-state index in [2.05, 4.69) is 20.9 Å². The van der Waals surface area contributed by atoms with E-state index in [-0.39, 0.29) is 24.2 Å². The highest BCUT2D eigenvalue weighted by Crippen LogP contribution is 2.26. The second-order valence-electron chi connectivity index (χ2n) is 2.81. The average molecular weight is 276 g/mol. The molecule has 15 heavy (non-hydrogen) atoms. The molecule has 0 amide bonds. The summed E-state index contributed by atoms with van der Waals surface area (Å²) in [5, 5.41) is 8.49. The molecule has 1 aromatic rings. The number of nitrogens with zero attached hydrogens (tertiary/aromatic N) is 2. The van der Waals surface area contributed by atoms with E-state index >= 15 is 0 Å². The SMILES string of the molecule is N#CCc1cc(C(F)F)c(CN)nc1Br. The molecule has 0 aliphatic rings. The molecule has 0 aromatic carbocycles. The van der Waals surface area contributed by atoms with Gasteiger partial charge in [0.05, 0.1) is 18.2 Å². The molecule has 1 heterocycles. The number of hydrogen-bond donors (Lipinski definition) is 1. The molecule has 0 fully saturated rings. The first kappa shape index (κ1) is 12.0. The normalized spacial score (nSPS) is 10.4. The van der Waals surface area contributed by atoms with Gasteiger partial charge < -0.3 is 5.73 Å². The van der Waals surface area contributed by atoms with Gasteiger partial charge in [-0.05, 0) is 27.6 Å². The summed E-state index contributed by atoms with van der Waals surface area (Å²) in [6.07, 6.45) is -2.58. The van der Waals surface area contributed by atoms with Gasteiger partial charge in [0.15, 0.2) is 0 Å². The maximum absolute atomic E-state index is 12.6. The molecule has 0 saturated carbocycles. The van der Waals surface area contributed by atoms with Crippen molar-refractivity contribution in [1.29, 1.82) is 5.26 Å². The molecule has 0 atom stereocenters. The van der Waals surface area contributed by atoms with Crippen LogP contribution in [0.4, 0.5) is 8.78 Å². The number of halogens is 3. The monoisotopic (exact) mass is 275 g/mol. The zero-order chi connectivity index (χ0) is 11.4. The minimum Gasteiger partial charge on any atom is -0.325 e. The Balaban J connectivity index is 3.25. The molecule has 0 radical (unpaired) electrons. The third-order valence-corrected chi connectivity index (χ3v) is 2.55. The fraction of sp³-hybridized carbons (Fsp3) is 0.333. The topological polar surface area (TPSA) is 62.7 Å². The van der Waals surface area contributed by atoms with Crippen LogP contribution in [0.15, 0.2) is 10.7 Å². The molecular weight excluding hydrogens is 268 g/mol. The maximum atomic E-state index is 12.6. The molecular formula is C9H8BrF2N3. The zero-order valence-corrected chi connectivity index (χ0v) is 9.26. The lowest BCUT2D eigenvalue weighted by molar-refractivity contribution is 0.149. The van der Waals surface area contributed by atoms with Crippen molar-refractivity contribution < 1.29 is 8.78 Å². The lowest BCUT2D eigenvalue weighted by Gasteiger charge is -2.09. The van der Waals surface area contributed by atoms with Gasteiger partial charge in [-0.2, -0.15) is 5.26 Å². The number of hydrogen-bond acceptors (Lipinski definition) is 3. The molecule has 6 heteroatoms. The van der Waals surface area contributed by atoms with Crippen LogP contribution < -0.4 is 5.73 Å². The van der Waals surface area contributed by atoms with E-state index in [0.29, 0.717) is 10.2 Å². The van der Waals surface area contributed by atoms with Gasteiger partial charge in [0.25, 0.3) is 6.43 Å². The van der Waals surface area contributed by atoms with E-state index in [1.165, 1.54) is 6.07 Å². The Labute approximate surface area is 94.0 Å². The Hall–Kier alpha value is -1.06. The van der Waals surface area contributed by atoms with Gasteiger partial charge in [-0.15, -0.1) is 0 Å². The van der Waals surface area contributed by atoms with Gasteiger partial charge >= 0.3 is 0 Å². The Bertz CT molecular complexity index is 401. The van der Waals surface area contributed by atoms with E-state index < -0.39 is 6.43 Å². The highest BCUT2D eigenvalue weighted by molar-refractivity contribution is 9.10. The zero-order valence-electron chi connectivity index (χ0n) is 7.67. The average Bonchev–Trinajstić information content (AvgIpc) is 2.20. The van der Waals surface area contributed by atoms with Gasteiger partial charge in [-0.3, -0.25) is 0 Å². The van der Waals surface area contributed by atoms with Gasteiger partial charge in [-0.1, -0.05) is 0 Å². The third-order valence-electron chi connectivity index (χ3n) is 1.86. The summed E-state index contributed by atoms with van der Waals surface area (Å²) in [6, 6.07) is 3.15. The highest BCUT2D eigenvalue weighted by atomic mass is 79.9. The summed E-state index contributed by atoms with van der Waals surface area (Å²) in [7, 11) is 0. The van der Waals surface area contributed by atoms with Gasteiger partial charge in [0.2, 0.25) is 0 Å². The smallest absolute Gasteiger partial charge is 0.265 e. The number of nitrogens with two attached hydrogens (primary N) is 1. The van der Waals surface area contributed by atoms with E-state index in [9.17, 15) is 8.78 Å². The fourth-order valence-corrected chi connectivity index (χ4v) is 1.62. The van der Waals surface area contributed by atoms with Crippen molar-refractivity contribution in [2.24, 2.45) is 5.73 Å². The second kappa shape index (κ2) is 5.14. The number of rotatable bonds is 3. The largest absolute Gasteiger partial charge is 0.325 e. The molecule has 0 bridgehead atoms. The number of alkyl halides is 2. The molecule has 0 aliphatic heterocycles. The Morgan fingerprint density at radius 1 is 1.60 bits per heavy atom. The highest BCUT2D eigenvalue weighted by Gasteiger charge is 2.16. The number of pyridine rings is 1. The summed E-state index contributed by atoms with van der Waals surface area (Å²) in [6.45, 7) is -0.0505. The third kappa shape index (κ3) is 2.70. The van der Waals surface area contributed by atoms with Crippen molar-refractivity contribution >= 4 is 15.9 Å². The molecule has 80 valence electrons. The van der Waals surface area contributed by atoms with Crippen molar-refractivity contribution in [3.8, 4) is 6.07 Å². The first-order valence-electron chi connectivity index (χ1n) is 4.13. The standard InChI is InChI=1S/C9H8BrF2N3/c10-8-5(1-2-13)3-6(9(11)12)7(4-14)15-8/h3,9H,1,4,14H2. The van der Waals surface area contributed by atoms with Gasteiger partial charge in [0.1, 0.15) is 4.60 Å². The van der Waals surface area contributed by atoms with E-state index in [4.69, 9.17) is 11.0 Å². The van der Waals surface area contributed by atoms with Crippen LogP contribution in [0.3, 0.4) is 0 Å². The summed E-state index contributed by atoms with van der Waals surface area (Å²) in [4.78, 5) is 3.89. The van der Waals surface area contributed by atoms with Crippen LogP contribution in [0.25, 0.3) is 0 Å². The van der Waals surface area contributed by atoms with E-state index in [0.717, 1.165) is 0 Å².